The second-order valence-electron chi connectivity index (χ2n) is 10.7. The van der Waals surface area contributed by atoms with Gasteiger partial charge in [-0.15, -0.1) is 5.11 Å². The van der Waals surface area contributed by atoms with E-state index in [1.807, 2.05) is 0 Å². The van der Waals surface area contributed by atoms with Crippen LogP contribution in [0.5, 0.6) is 0 Å². The molecule has 21 heteroatoms. The van der Waals surface area contributed by atoms with Crippen molar-refractivity contribution in [3.63, 3.8) is 0 Å². The molecule has 2 atom stereocenters. The second kappa shape index (κ2) is 16.2. The number of nitrogens with zero attached hydrogens (tertiary/aromatic N) is 5. The Morgan fingerprint density at radius 3 is 2.24 bits per heavy atom. The molecular weight excluding hydrogens is 733 g/mol. The standard InChI is InChI=1S/C30H32N6O12S3/c1-4-5-27(30(37)25-16-23(50(43,44)45)17-28(29(25)31)51(46,47)48)35-32-19(3)7-15-26(34-33-20-8-10-21(11-9-20)36(38)39)24-14-13-22(49(40,41)42)12-6-18(24)2/h5-15,17,19,22,37H,2,4,16,31H2,1,3H3,(H,40,41,42)(H,43,44,45)(H,46,47,48)/b15-7-,26-24+,27-5+,30-25-,34-33?,35-32?. The lowest BCUT2D eigenvalue weighted by molar-refractivity contribution is -0.384. The Kier molecular flexibility index (Phi) is 12.8. The maximum atomic E-state index is 11.9. The molecule has 18 nitrogen and oxygen atoms in total. The Bertz CT molecular complexity index is 2260. The summed E-state index contributed by atoms with van der Waals surface area (Å²) in [6.07, 6.45) is 9.33. The number of rotatable bonds is 12. The SMILES string of the molecule is C=C1C=CC(S(=O)(=O)O)C=C/C1=C(/C=C\C(C)N=NC(=C/CC)/C(O)=C1\CC(S(=O)(=O)O)=CC(S(=O)(=O)O)=C1N)N=Nc1ccc([N+](=O)[O-])cc1. The molecule has 2 unspecified atom stereocenters. The summed E-state index contributed by atoms with van der Waals surface area (Å²) in [5.74, 6) is -0.788. The van der Waals surface area contributed by atoms with Crippen molar-refractivity contribution in [3.05, 3.63) is 139 Å². The molecule has 0 heterocycles. The van der Waals surface area contributed by atoms with E-state index in [9.17, 15) is 54.1 Å². The first-order valence-corrected chi connectivity index (χ1v) is 18.8. The van der Waals surface area contributed by atoms with Crippen molar-refractivity contribution in [2.45, 2.75) is 38.0 Å². The normalized spacial score (nSPS) is 20.6. The number of hydrogen-bond acceptors (Lipinski definition) is 14. The van der Waals surface area contributed by atoms with Crippen LogP contribution in [0.4, 0.5) is 11.4 Å². The molecule has 0 aliphatic heterocycles. The minimum absolute atomic E-state index is 0.106. The molecule has 2 aliphatic carbocycles. The van der Waals surface area contributed by atoms with Gasteiger partial charge in [0, 0.05) is 29.7 Å². The minimum atomic E-state index is -5.10. The summed E-state index contributed by atoms with van der Waals surface area (Å²) in [6.45, 7) is 7.12. The summed E-state index contributed by atoms with van der Waals surface area (Å²) >= 11 is 0. The average Bonchev–Trinajstić information content (AvgIpc) is 3.23. The van der Waals surface area contributed by atoms with Crippen molar-refractivity contribution >= 4 is 41.7 Å². The first-order chi connectivity index (χ1) is 23.6. The van der Waals surface area contributed by atoms with E-state index in [0.717, 1.165) is 0 Å². The van der Waals surface area contributed by atoms with Gasteiger partial charge in [0.2, 0.25) is 0 Å². The van der Waals surface area contributed by atoms with Crippen LogP contribution in [0, 0.1) is 10.1 Å². The van der Waals surface area contributed by atoms with Gasteiger partial charge in [-0.25, -0.2) is 0 Å². The van der Waals surface area contributed by atoms with E-state index >= 15 is 0 Å². The molecule has 0 aromatic heterocycles. The molecule has 1 aromatic rings. The van der Waals surface area contributed by atoms with E-state index in [1.54, 1.807) is 13.8 Å². The van der Waals surface area contributed by atoms with Gasteiger partial charge in [0.1, 0.15) is 21.6 Å². The van der Waals surface area contributed by atoms with Gasteiger partial charge < -0.3 is 10.8 Å². The predicted molar refractivity (Wildman–Crippen MR) is 186 cm³/mol. The topological polar surface area (TPSA) is 302 Å². The zero-order valence-corrected chi connectivity index (χ0v) is 29.2. The van der Waals surface area contributed by atoms with E-state index in [1.165, 1.54) is 66.8 Å². The van der Waals surface area contributed by atoms with E-state index in [-0.39, 0.29) is 40.3 Å². The molecule has 0 saturated carbocycles. The van der Waals surface area contributed by atoms with Gasteiger partial charge in [0.05, 0.1) is 33.0 Å². The molecule has 272 valence electrons. The van der Waals surface area contributed by atoms with E-state index < -0.39 is 79.8 Å². The third kappa shape index (κ3) is 10.9. The minimum Gasteiger partial charge on any atom is -0.505 e. The molecule has 0 fully saturated rings. The van der Waals surface area contributed by atoms with Gasteiger partial charge in [-0.2, -0.15) is 40.6 Å². The Morgan fingerprint density at radius 2 is 1.69 bits per heavy atom. The molecule has 2 aliphatic rings. The van der Waals surface area contributed by atoms with Gasteiger partial charge in [-0.3, -0.25) is 23.8 Å². The molecule has 6 N–H and O–H groups in total. The van der Waals surface area contributed by atoms with Gasteiger partial charge in [0.15, 0.2) is 0 Å². The summed E-state index contributed by atoms with van der Waals surface area (Å²) in [4.78, 5) is 8.48. The van der Waals surface area contributed by atoms with Gasteiger partial charge in [-0.05, 0) is 43.2 Å². The third-order valence-corrected chi connectivity index (χ3v) is 9.71. The molecular formula is C30H32N6O12S3. The quantitative estimate of drug-likeness (QED) is 0.0569. The number of azo groups is 2. The van der Waals surface area contributed by atoms with Crippen LogP contribution in [0.25, 0.3) is 0 Å². The number of hydrogen-bond donors (Lipinski definition) is 5. The fourth-order valence-electron chi connectivity index (χ4n) is 4.28. The van der Waals surface area contributed by atoms with Crippen LogP contribution in [0.15, 0.2) is 149 Å². The van der Waals surface area contributed by atoms with Gasteiger partial charge >= 0.3 is 0 Å². The Hall–Kier alpha value is -5.19. The molecule has 1 aromatic carbocycles. The Labute approximate surface area is 293 Å². The van der Waals surface area contributed by atoms with Crippen LogP contribution in [0.2, 0.25) is 0 Å². The summed E-state index contributed by atoms with van der Waals surface area (Å²) < 4.78 is 99.6. The number of non-ortho nitro benzene ring substituents is 1. The number of allylic oxidation sites excluding steroid dienone is 9. The number of nitro benzene ring substituents is 1. The number of nitro groups is 1. The number of nitrogens with two attached hydrogens (primary N) is 1. The van der Waals surface area contributed by atoms with Crippen molar-refractivity contribution in [1.29, 1.82) is 0 Å². The highest BCUT2D eigenvalue weighted by Crippen LogP contribution is 2.35. The second-order valence-corrected chi connectivity index (χ2v) is 15.1. The van der Waals surface area contributed by atoms with Crippen LogP contribution in [0.3, 0.4) is 0 Å². The zero-order valence-electron chi connectivity index (χ0n) is 26.8. The summed E-state index contributed by atoms with van der Waals surface area (Å²) in [6, 6.07) is 4.32. The average molecular weight is 765 g/mol. The highest BCUT2D eigenvalue weighted by Gasteiger charge is 2.31. The van der Waals surface area contributed by atoms with Gasteiger partial charge in [0.25, 0.3) is 36.0 Å². The Morgan fingerprint density at radius 1 is 1.06 bits per heavy atom. The summed E-state index contributed by atoms with van der Waals surface area (Å²) in [5.41, 5.74) is 5.15. The molecule has 0 spiro atoms. The maximum absolute atomic E-state index is 11.9. The number of aliphatic hydroxyl groups excluding tert-OH is 1. The fourth-order valence-corrected chi connectivity index (χ4v) is 6.19. The summed E-state index contributed by atoms with van der Waals surface area (Å²) in [7, 11) is -14.6. The highest BCUT2D eigenvalue weighted by molar-refractivity contribution is 7.91. The number of aliphatic hydroxyl groups is 1. The first kappa shape index (κ1) is 40.2. The molecule has 0 saturated heterocycles. The van der Waals surface area contributed by atoms with Crippen LogP contribution in [0.1, 0.15) is 26.7 Å². The largest absolute Gasteiger partial charge is 0.505 e. The zero-order chi connectivity index (χ0) is 38.3. The monoisotopic (exact) mass is 764 g/mol. The maximum Gasteiger partial charge on any atom is 0.296 e. The lowest BCUT2D eigenvalue weighted by Crippen LogP contribution is -2.20. The van der Waals surface area contributed by atoms with Crippen molar-refractivity contribution < 1.29 is 48.9 Å². The van der Waals surface area contributed by atoms with Crippen molar-refractivity contribution in [2.75, 3.05) is 0 Å². The molecule has 51 heavy (non-hydrogen) atoms. The molecule has 3 rings (SSSR count). The lowest BCUT2D eigenvalue weighted by Gasteiger charge is -2.19. The Balaban J connectivity index is 2.06. The molecule has 0 amide bonds. The van der Waals surface area contributed by atoms with Crippen LogP contribution >= 0.6 is 0 Å². The van der Waals surface area contributed by atoms with E-state index in [2.05, 4.69) is 27.0 Å². The van der Waals surface area contributed by atoms with Crippen LogP contribution in [-0.2, 0) is 30.4 Å². The van der Waals surface area contributed by atoms with Crippen LogP contribution < -0.4 is 5.73 Å². The summed E-state index contributed by atoms with van der Waals surface area (Å²) in [5, 5.41) is 37.1. The predicted octanol–water partition coefficient (Wildman–Crippen LogP) is 5.61. The smallest absolute Gasteiger partial charge is 0.296 e. The third-order valence-electron chi connectivity index (χ3n) is 6.89. The lowest BCUT2D eigenvalue weighted by atomic mass is 10.0. The van der Waals surface area contributed by atoms with E-state index in [0.29, 0.717) is 6.08 Å². The fraction of sp³-hybridized carbons (Fsp3) is 0.200. The highest BCUT2D eigenvalue weighted by atomic mass is 32.2. The van der Waals surface area contributed by atoms with Crippen molar-refractivity contribution in [1.82, 2.24) is 0 Å². The van der Waals surface area contributed by atoms with Gasteiger partial charge in [-0.1, -0.05) is 50.0 Å². The number of benzene rings is 1. The van der Waals surface area contributed by atoms with E-state index in [4.69, 9.17) is 5.73 Å². The molecule has 0 bridgehead atoms. The first-order valence-electron chi connectivity index (χ1n) is 14.4. The van der Waals surface area contributed by atoms with Crippen molar-refractivity contribution in [3.8, 4) is 0 Å². The molecule has 0 radical (unpaired) electrons. The van der Waals surface area contributed by atoms with Crippen molar-refractivity contribution in [2.24, 2.45) is 26.2 Å². The van der Waals surface area contributed by atoms with Crippen LogP contribution in [-0.4, -0.2) is 60.2 Å².